The third kappa shape index (κ3) is 5.11. The average Bonchev–Trinajstić information content (AvgIpc) is 3.32. The van der Waals surface area contributed by atoms with E-state index in [-0.39, 0.29) is 0 Å². The quantitative estimate of drug-likeness (QED) is 0.442. The summed E-state index contributed by atoms with van der Waals surface area (Å²) < 4.78 is 5.55. The maximum absolute atomic E-state index is 5.55. The largest absolute Gasteiger partial charge is 0.444 e. The number of aromatic nitrogens is 1. The van der Waals surface area contributed by atoms with E-state index in [1.54, 1.807) is 6.26 Å². The molecule has 1 heterocycles. The highest BCUT2D eigenvalue weighted by molar-refractivity contribution is 5.79. The van der Waals surface area contributed by atoms with E-state index in [9.17, 15) is 0 Å². The van der Waals surface area contributed by atoms with Crippen LogP contribution in [-0.4, -0.2) is 24.0 Å². The molecule has 1 aliphatic rings. The number of aliphatic imine (C=N–C) groups is 1. The first-order valence-electron chi connectivity index (χ1n) is 8.87. The van der Waals surface area contributed by atoms with Crippen LogP contribution in [0.4, 0.5) is 0 Å². The Morgan fingerprint density at radius 3 is 2.83 bits per heavy atom. The second-order valence-electron chi connectivity index (χ2n) is 6.22. The van der Waals surface area contributed by atoms with Gasteiger partial charge >= 0.3 is 0 Å². The minimum Gasteiger partial charge on any atom is -0.444 e. The zero-order valence-electron chi connectivity index (χ0n) is 14.3. The molecule has 2 N–H and O–H groups in total. The van der Waals surface area contributed by atoms with Crippen LogP contribution in [0.3, 0.4) is 0 Å². The van der Waals surface area contributed by atoms with Gasteiger partial charge in [0.25, 0.3) is 0 Å². The highest BCUT2D eigenvalue weighted by atomic mass is 16.3. The lowest BCUT2D eigenvalue weighted by Crippen LogP contribution is -2.37. The molecule has 0 saturated heterocycles. The zero-order valence-corrected chi connectivity index (χ0v) is 14.3. The lowest BCUT2D eigenvalue weighted by atomic mass is 10.2. The van der Waals surface area contributed by atoms with Crippen LogP contribution in [0.25, 0.3) is 11.5 Å². The van der Waals surface area contributed by atoms with Gasteiger partial charge in [-0.05, 0) is 37.8 Å². The predicted molar refractivity (Wildman–Crippen MR) is 96.7 cm³/mol. The van der Waals surface area contributed by atoms with Gasteiger partial charge in [-0.25, -0.2) is 9.98 Å². The Labute approximate surface area is 143 Å². The first-order valence-corrected chi connectivity index (χ1v) is 8.87. The summed E-state index contributed by atoms with van der Waals surface area (Å²) in [7, 11) is 0. The summed E-state index contributed by atoms with van der Waals surface area (Å²) in [5.74, 6) is 2.47. The fraction of sp³-hybridized carbons (Fsp3) is 0.474. The summed E-state index contributed by atoms with van der Waals surface area (Å²) in [4.78, 5) is 9.11. The van der Waals surface area contributed by atoms with Crippen molar-refractivity contribution in [2.45, 2.75) is 39.2 Å². The lowest BCUT2D eigenvalue weighted by molar-refractivity contribution is 0.572. The van der Waals surface area contributed by atoms with E-state index >= 15 is 0 Å². The highest BCUT2D eigenvalue weighted by Gasteiger charge is 2.19. The molecule has 0 atom stereocenters. The number of nitrogens with one attached hydrogen (secondary N) is 2. The Balaban J connectivity index is 1.52. The Hall–Kier alpha value is -2.30. The standard InChI is InChI=1S/C19H26N4O/c1-2-20-19(21-12-6-7-15-10-11-15)22-13-17-14-24-18(23-17)16-8-4-3-5-9-16/h3-5,8-9,14-15H,2,6-7,10-13H2,1H3,(H2,20,21,22). The van der Waals surface area contributed by atoms with E-state index in [0.29, 0.717) is 12.4 Å². The SMILES string of the molecule is CCNC(=NCc1coc(-c2ccccc2)n1)NCCCC1CC1. The number of nitrogens with zero attached hydrogens (tertiary/aromatic N) is 2. The van der Waals surface area contributed by atoms with E-state index in [1.807, 2.05) is 30.3 Å². The van der Waals surface area contributed by atoms with E-state index in [1.165, 1.54) is 25.7 Å². The number of hydrogen-bond acceptors (Lipinski definition) is 3. The molecule has 1 saturated carbocycles. The third-order valence-corrected chi connectivity index (χ3v) is 4.09. The first-order chi connectivity index (χ1) is 11.8. The van der Waals surface area contributed by atoms with Crippen LogP contribution in [-0.2, 0) is 6.54 Å². The molecule has 1 aliphatic carbocycles. The summed E-state index contributed by atoms with van der Waals surface area (Å²) in [5.41, 5.74) is 1.82. The normalized spacial score (nSPS) is 14.6. The maximum atomic E-state index is 5.55. The fourth-order valence-electron chi connectivity index (χ4n) is 2.60. The van der Waals surface area contributed by atoms with E-state index < -0.39 is 0 Å². The van der Waals surface area contributed by atoms with Gasteiger partial charge in [0.1, 0.15) is 12.0 Å². The van der Waals surface area contributed by atoms with Gasteiger partial charge in [0, 0.05) is 18.7 Å². The van der Waals surface area contributed by atoms with Crippen LogP contribution in [0.15, 0.2) is 46.0 Å². The van der Waals surface area contributed by atoms with Crippen molar-refractivity contribution in [2.75, 3.05) is 13.1 Å². The van der Waals surface area contributed by atoms with Crippen molar-refractivity contribution >= 4 is 5.96 Å². The Morgan fingerprint density at radius 1 is 1.25 bits per heavy atom. The molecule has 0 aliphatic heterocycles. The van der Waals surface area contributed by atoms with Gasteiger partial charge in [0.15, 0.2) is 5.96 Å². The second-order valence-corrected chi connectivity index (χ2v) is 6.22. The Kier molecular flexibility index (Phi) is 5.88. The topological polar surface area (TPSA) is 62.5 Å². The molecule has 1 fully saturated rings. The van der Waals surface area contributed by atoms with Crippen molar-refractivity contribution in [1.29, 1.82) is 0 Å². The molecular formula is C19H26N4O. The molecule has 1 aromatic heterocycles. The van der Waals surface area contributed by atoms with Gasteiger partial charge in [-0.1, -0.05) is 31.0 Å². The van der Waals surface area contributed by atoms with Crippen LogP contribution in [0.5, 0.6) is 0 Å². The third-order valence-electron chi connectivity index (χ3n) is 4.09. The van der Waals surface area contributed by atoms with Crippen molar-refractivity contribution in [3.8, 4) is 11.5 Å². The number of oxazole rings is 1. The second kappa shape index (κ2) is 8.52. The van der Waals surface area contributed by atoms with Crippen molar-refractivity contribution in [3.05, 3.63) is 42.3 Å². The van der Waals surface area contributed by atoms with Crippen LogP contribution in [0.2, 0.25) is 0 Å². The van der Waals surface area contributed by atoms with Gasteiger partial charge in [-0.15, -0.1) is 0 Å². The molecule has 0 bridgehead atoms. The summed E-state index contributed by atoms with van der Waals surface area (Å²) in [6.45, 7) is 4.40. The summed E-state index contributed by atoms with van der Waals surface area (Å²) in [6.07, 6.45) is 7.06. The maximum Gasteiger partial charge on any atom is 0.226 e. The number of hydrogen-bond donors (Lipinski definition) is 2. The monoisotopic (exact) mass is 326 g/mol. The fourth-order valence-corrected chi connectivity index (χ4v) is 2.60. The molecule has 128 valence electrons. The van der Waals surface area contributed by atoms with Gasteiger partial charge in [0.05, 0.1) is 6.54 Å². The van der Waals surface area contributed by atoms with Gasteiger partial charge in [0.2, 0.25) is 5.89 Å². The highest BCUT2D eigenvalue weighted by Crippen LogP contribution is 2.33. The van der Waals surface area contributed by atoms with Crippen molar-refractivity contribution in [2.24, 2.45) is 10.9 Å². The summed E-state index contributed by atoms with van der Waals surface area (Å²) in [6, 6.07) is 9.92. The van der Waals surface area contributed by atoms with E-state index in [0.717, 1.165) is 36.2 Å². The van der Waals surface area contributed by atoms with Crippen molar-refractivity contribution in [1.82, 2.24) is 15.6 Å². The minimum absolute atomic E-state index is 0.508. The van der Waals surface area contributed by atoms with Crippen LogP contribution in [0.1, 0.15) is 38.3 Å². The molecule has 5 nitrogen and oxygen atoms in total. The van der Waals surface area contributed by atoms with Crippen molar-refractivity contribution in [3.63, 3.8) is 0 Å². The van der Waals surface area contributed by atoms with Crippen LogP contribution < -0.4 is 10.6 Å². The molecule has 2 aromatic rings. The Bertz CT molecular complexity index is 646. The molecule has 0 amide bonds. The minimum atomic E-state index is 0.508. The number of guanidine groups is 1. The molecule has 24 heavy (non-hydrogen) atoms. The lowest BCUT2D eigenvalue weighted by Gasteiger charge is -2.10. The molecule has 0 radical (unpaired) electrons. The van der Waals surface area contributed by atoms with Gasteiger partial charge in [-0.2, -0.15) is 0 Å². The zero-order chi connectivity index (χ0) is 16.6. The van der Waals surface area contributed by atoms with E-state index in [2.05, 4.69) is 27.5 Å². The molecule has 1 aromatic carbocycles. The number of rotatable bonds is 8. The Morgan fingerprint density at radius 2 is 2.08 bits per heavy atom. The predicted octanol–water partition coefficient (Wildman–Crippen LogP) is 3.59. The summed E-state index contributed by atoms with van der Waals surface area (Å²) >= 11 is 0. The molecular weight excluding hydrogens is 300 g/mol. The van der Waals surface area contributed by atoms with Gasteiger partial charge < -0.3 is 15.1 Å². The summed E-state index contributed by atoms with van der Waals surface area (Å²) in [5, 5.41) is 6.67. The van der Waals surface area contributed by atoms with Crippen LogP contribution >= 0.6 is 0 Å². The smallest absolute Gasteiger partial charge is 0.226 e. The van der Waals surface area contributed by atoms with Crippen molar-refractivity contribution < 1.29 is 4.42 Å². The van der Waals surface area contributed by atoms with Gasteiger partial charge in [-0.3, -0.25) is 0 Å². The molecule has 5 heteroatoms. The van der Waals surface area contributed by atoms with E-state index in [4.69, 9.17) is 4.42 Å². The van der Waals surface area contributed by atoms with Crippen LogP contribution in [0, 0.1) is 5.92 Å². The number of benzene rings is 1. The molecule has 3 rings (SSSR count). The first kappa shape index (κ1) is 16.6. The molecule has 0 unspecified atom stereocenters. The average molecular weight is 326 g/mol. The molecule has 0 spiro atoms.